The number of phenols is 1. The van der Waals surface area contributed by atoms with Crippen LogP contribution in [0.3, 0.4) is 0 Å². The third-order valence-electron chi connectivity index (χ3n) is 5.04. The van der Waals surface area contributed by atoms with Gasteiger partial charge in [0, 0.05) is 22.4 Å². The van der Waals surface area contributed by atoms with Gasteiger partial charge in [-0.1, -0.05) is 23.7 Å². The van der Waals surface area contributed by atoms with Gasteiger partial charge in [-0.15, -0.1) is 0 Å². The topological polar surface area (TPSA) is 111 Å². The largest absolute Gasteiger partial charge is 0.506 e. The first-order valence-electron chi connectivity index (χ1n) is 9.08. The average molecular weight is 421 g/mol. The van der Waals surface area contributed by atoms with E-state index in [1.165, 1.54) is 13.0 Å². The molecule has 0 saturated carbocycles. The minimum atomic E-state index is -1.76. The lowest BCUT2D eigenvalue weighted by Crippen LogP contribution is -2.59. The number of para-hydroxylation sites is 2. The highest BCUT2D eigenvalue weighted by Gasteiger charge is 2.59. The van der Waals surface area contributed by atoms with Crippen LogP contribution in [0.1, 0.15) is 31.9 Å². The van der Waals surface area contributed by atoms with Gasteiger partial charge < -0.3 is 19.9 Å². The number of benzene rings is 2. The van der Waals surface area contributed by atoms with Gasteiger partial charge >= 0.3 is 5.97 Å². The lowest BCUT2D eigenvalue weighted by atomic mass is 9.78. The van der Waals surface area contributed by atoms with Crippen molar-refractivity contribution in [3.63, 3.8) is 0 Å². The summed E-state index contributed by atoms with van der Waals surface area (Å²) in [6.45, 7) is 3.22. The lowest BCUT2D eigenvalue weighted by Gasteiger charge is -2.41. The van der Waals surface area contributed by atoms with E-state index in [4.69, 9.17) is 21.1 Å². The third kappa shape index (κ3) is 3.93. The summed E-state index contributed by atoms with van der Waals surface area (Å²) in [4.78, 5) is 23.9. The Bertz CT molecular complexity index is 937. The molecule has 8 nitrogen and oxygen atoms in total. The normalized spacial score (nSPS) is 22.9. The van der Waals surface area contributed by atoms with Gasteiger partial charge in [-0.25, -0.2) is 0 Å². The molecular weight excluding hydrogens is 400 g/mol. The summed E-state index contributed by atoms with van der Waals surface area (Å²) >= 11 is 6.13. The average Bonchev–Trinajstić information content (AvgIpc) is 2.67. The molecule has 0 aliphatic carbocycles. The van der Waals surface area contributed by atoms with Gasteiger partial charge in [0.25, 0.3) is 5.54 Å². The summed E-state index contributed by atoms with van der Waals surface area (Å²) in [6.07, 6.45) is -1.40. The maximum absolute atomic E-state index is 12.2. The van der Waals surface area contributed by atoms with Crippen molar-refractivity contribution in [2.75, 3.05) is 11.9 Å². The number of phenolic OH excluding ortho intramolecular Hbond substituents is 1. The van der Waals surface area contributed by atoms with Crippen molar-refractivity contribution in [3.8, 4) is 11.5 Å². The molecule has 2 aromatic rings. The van der Waals surface area contributed by atoms with E-state index in [0.29, 0.717) is 22.0 Å². The van der Waals surface area contributed by atoms with Crippen LogP contribution in [-0.2, 0) is 9.53 Å². The van der Waals surface area contributed by atoms with Crippen molar-refractivity contribution < 1.29 is 24.3 Å². The van der Waals surface area contributed by atoms with E-state index in [1.807, 2.05) is 0 Å². The number of nitrogens with zero attached hydrogens (tertiary/aromatic N) is 1. The molecule has 0 spiro atoms. The van der Waals surface area contributed by atoms with Crippen molar-refractivity contribution in [1.29, 1.82) is 0 Å². The molecule has 1 aliphatic rings. The predicted molar refractivity (Wildman–Crippen MR) is 107 cm³/mol. The van der Waals surface area contributed by atoms with E-state index < -0.39 is 28.6 Å². The number of rotatable bonds is 6. The van der Waals surface area contributed by atoms with Crippen LogP contribution in [0.2, 0.25) is 5.02 Å². The summed E-state index contributed by atoms with van der Waals surface area (Å²) in [6, 6.07) is 10.3. The van der Waals surface area contributed by atoms with Gasteiger partial charge in [0.1, 0.15) is 17.5 Å². The van der Waals surface area contributed by atoms with E-state index in [1.54, 1.807) is 43.3 Å². The Morgan fingerprint density at radius 3 is 2.76 bits per heavy atom. The zero-order valence-electron chi connectivity index (χ0n) is 15.9. The number of nitrogens with one attached hydrogen (secondary N) is 1. The Morgan fingerprint density at radius 1 is 1.38 bits per heavy atom. The fourth-order valence-electron chi connectivity index (χ4n) is 3.44. The number of hydrogen-bond acceptors (Lipinski definition) is 7. The molecule has 1 aliphatic heterocycles. The molecule has 0 bridgehead atoms. The molecule has 1 heterocycles. The maximum Gasteiger partial charge on any atom is 0.309 e. The predicted octanol–water partition coefficient (Wildman–Crippen LogP) is 3.95. The van der Waals surface area contributed by atoms with Crippen LogP contribution in [0.15, 0.2) is 42.5 Å². The van der Waals surface area contributed by atoms with Crippen LogP contribution in [0.5, 0.6) is 11.5 Å². The Kier molecular flexibility index (Phi) is 5.83. The monoisotopic (exact) mass is 420 g/mol. The molecule has 0 amide bonds. The van der Waals surface area contributed by atoms with Gasteiger partial charge in [-0.2, -0.15) is 0 Å². The van der Waals surface area contributed by atoms with Gasteiger partial charge in [0.15, 0.2) is 6.10 Å². The molecule has 0 fully saturated rings. The first-order chi connectivity index (χ1) is 13.8. The lowest BCUT2D eigenvalue weighted by molar-refractivity contribution is -0.582. The number of ether oxygens (including phenoxy) is 2. The standard InChI is InChI=1S/C20H21ClN2O6/c1-3-28-18(25)11-17-20(2,23(26)27)19(22-14-6-4-5-7-15(14)24)13-10-12(21)8-9-16(13)29-17/h4-10,17,19,22,24H,3,11H2,1-2H3/t17-,19-,20-/m0/s1. The quantitative estimate of drug-likeness (QED) is 0.315. The van der Waals surface area contributed by atoms with E-state index in [0.717, 1.165) is 0 Å². The fraction of sp³-hybridized carbons (Fsp3) is 0.350. The Balaban J connectivity index is 2.11. The van der Waals surface area contributed by atoms with Crippen LogP contribution in [0.4, 0.5) is 5.69 Å². The van der Waals surface area contributed by atoms with E-state index >= 15 is 0 Å². The van der Waals surface area contributed by atoms with E-state index in [2.05, 4.69) is 5.32 Å². The molecule has 3 atom stereocenters. The molecule has 3 rings (SSSR count). The number of hydrogen-bond donors (Lipinski definition) is 2. The second kappa shape index (κ2) is 8.16. The van der Waals surface area contributed by atoms with Crippen LogP contribution >= 0.6 is 11.6 Å². The smallest absolute Gasteiger partial charge is 0.309 e. The second-order valence-electron chi connectivity index (χ2n) is 6.88. The molecule has 0 unspecified atom stereocenters. The van der Waals surface area contributed by atoms with Crippen LogP contribution in [0.25, 0.3) is 0 Å². The summed E-state index contributed by atoms with van der Waals surface area (Å²) in [7, 11) is 0. The number of nitro groups is 1. The zero-order chi connectivity index (χ0) is 21.2. The Labute approximate surface area is 172 Å². The minimum Gasteiger partial charge on any atom is -0.506 e. The minimum absolute atomic E-state index is 0.0600. The summed E-state index contributed by atoms with van der Waals surface area (Å²) in [5, 5.41) is 25.9. The number of halogens is 1. The molecule has 2 aromatic carbocycles. The van der Waals surface area contributed by atoms with Gasteiger partial charge in [0.2, 0.25) is 0 Å². The second-order valence-corrected chi connectivity index (χ2v) is 7.31. The van der Waals surface area contributed by atoms with Gasteiger partial charge in [0.05, 0.1) is 18.7 Å². The van der Waals surface area contributed by atoms with Crippen LogP contribution in [-0.4, -0.2) is 34.2 Å². The van der Waals surface area contributed by atoms with Crippen LogP contribution < -0.4 is 10.1 Å². The highest BCUT2D eigenvalue weighted by atomic mass is 35.5. The number of carbonyl (C=O) groups is 1. The molecule has 29 heavy (non-hydrogen) atoms. The van der Waals surface area contributed by atoms with Crippen LogP contribution in [0, 0.1) is 10.1 Å². The molecule has 154 valence electrons. The SMILES string of the molecule is CCOC(=O)C[C@@H]1Oc2ccc(Cl)cc2[C@H](Nc2ccccc2O)[C@@]1(C)[N+](=O)[O-]. The summed E-state index contributed by atoms with van der Waals surface area (Å²) in [5.74, 6) is -0.282. The van der Waals surface area contributed by atoms with E-state index in [9.17, 15) is 20.0 Å². The highest BCUT2D eigenvalue weighted by molar-refractivity contribution is 6.30. The molecule has 0 saturated heterocycles. The zero-order valence-corrected chi connectivity index (χ0v) is 16.7. The Hall–Kier alpha value is -3.00. The first-order valence-corrected chi connectivity index (χ1v) is 9.46. The van der Waals surface area contributed by atoms with Crippen molar-refractivity contribution in [2.24, 2.45) is 0 Å². The number of carbonyl (C=O) groups excluding carboxylic acids is 1. The third-order valence-corrected chi connectivity index (χ3v) is 5.28. The molecule has 0 radical (unpaired) electrons. The Morgan fingerprint density at radius 2 is 2.10 bits per heavy atom. The van der Waals surface area contributed by atoms with Crippen molar-refractivity contribution in [2.45, 2.75) is 38.0 Å². The highest BCUT2D eigenvalue weighted by Crippen LogP contribution is 2.47. The van der Waals surface area contributed by atoms with Crippen molar-refractivity contribution in [1.82, 2.24) is 0 Å². The van der Waals surface area contributed by atoms with Crippen molar-refractivity contribution in [3.05, 3.63) is 63.2 Å². The van der Waals surface area contributed by atoms with E-state index in [-0.39, 0.29) is 18.8 Å². The maximum atomic E-state index is 12.2. The van der Waals surface area contributed by atoms with Gasteiger partial charge in [-0.05, 0) is 37.3 Å². The number of aromatic hydroxyl groups is 1. The molecule has 0 aromatic heterocycles. The van der Waals surface area contributed by atoms with Gasteiger partial charge in [-0.3, -0.25) is 14.9 Å². The molecule has 2 N–H and O–H groups in total. The number of esters is 1. The molecular formula is C20H21ClN2O6. The van der Waals surface area contributed by atoms with Crippen molar-refractivity contribution >= 4 is 23.3 Å². The summed E-state index contributed by atoms with van der Waals surface area (Å²) in [5.41, 5.74) is -0.986. The first kappa shape index (κ1) is 20.7. The summed E-state index contributed by atoms with van der Waals surface area (Å²) < 4.78 is 10.8. The number of anilines is 1. The fourth-order valence-corrected chi connectivity index (χ4v) is 3.62. The number of fused-ring (bicyclic) bond motifs is 1. The molecule has 9 heteroatoms.